The molecule has 0 aliphatic heterocycles. The summed E-state index contributed by atoms with van der Waals surface area (Å²) in [4.78, 5) is 24.2. The first-order valence-electron chi connectivity index (χ1n) is 10.7. The molecule has 0 unspecified atom stereocenters. The average Bonchev–Trinajstić information content (AvgIpc) is 3.32. The van der Waals surface area contributed by atoms with E-state index in [0.717, 1.165) is 17.0 Å². The van der Waals surface area contributed by atoms with Crippen LogP contribution in [-0.2, 0) is 4.79 Å². The predicted molar refractivity (Wildman–Crippen MR) is 130 cm³/mol. The Morgan fingerprint density at radius 1 is 1.03 bits per heavy atom. The van der Waals surface area contributed by atoms with Gasteiger partial charge in [-0.25, -0.2) is 14.5 Å². The number of hydrogen-bond acceptors (Lipinski definition) is 5. The van der Waals surface area contributed by atoms with Gasteiger partial charge in [-0.1, -0.05) is 18.2 Å². The third kappa shape index (κ3) is 5.97. The lowest BCUT2D eigenvalue weighted by Crippen LogP contribution is -2.34. The van der Waals surface area contributed by atoms with Crippen LogP contribution in [0.15, 0.2) is 90.2 Å². The number of ether oxygens (including phenoxy) is 1. The molecule has 0 saturated heterocycles. The number of hydrogen-bond donors (Lipinski definition) is 2. The molecule has 2 amide bonds. The van der Waals surface area contributed by atoms with Gasteiger partial charge >= 0.3 is 0 Å². The maximum absolute atomic E-state index is 13.0. The van der Waals surface area contributed by atoms with E-state index in [1.165, 1.54) is 30.5 Å². The van der Waals surface area contributed by atoms with Gasteiger partial charge in [0.25, 0.3) is 11.8 Å². The molecule has 9 heteroatoms. The molecule has 0 spiro atoms. The fourth-order valence-corrected chi connectivity index (χ4v) is 3.25. The first-order valence-corrected chi connectivity index (χ1v) is 10.7. The molecule has 0 saturated carbocycles. The van der Waals surface area contributed by atoms with E-state index in [-0.39, 0.29) is 12.1 Å². The summed E-state index contributed by atoms with van der Waals surface area (Å²) in [5, 5.41) is 11.2. The second-order valence-electron chi connectivity index (χ2n) is 7.42. The fourth-order valence-electron chi connectivity index (χ4n) is 3.25. The summed E-state index contributed by atoms with van der Waals surface area (Å²) in [5.41, 5.74) is 5.70. The van der Waals surface area contributed by atoms with Crippen LogP contribution >= 0.6 is 0 Å². The van der Waals surface area contributed by atoms with Crippen molar-refractivity contribution in [1.82, 2.24) is 20.5 Å². The van der Waals surface area contributed by atoms with Crippen LogP contribution in [0.25, 0.3) is 16.9 Å². The molecule has 3 aromatic carbocycles. The normalized spacial score (nSPS) is 10.8. The smallest absolute Gasteiger partial charge is 0.259 e. The van der Waals surface area contributed by atoms with Gasteiger partial charge in [0.05, 0.1) is 25.6 Å². The highest BCUT2D eigenvalue weighted by molar-refractivity contribution is 5.96. The van der Waals surface area contributed by atoms with Crippen LogP contribution in [0, 0.1) is 5.82 Å². The van der Waals surface area contributed by atoms with Crippen LogP contribution in [0.1, 0.15) is 15.9 Å². The third-order valence-electron chi connectivity index (χ3n) is 5.04. The number of rotatable bonds is 8. The van der Waals surface area contributed by atoms with Gasteiger partial charge < -0.3 is 10.1 Å². The molecular weight excluding hydrogens is 449 g/mol. The number of benzene rings is 3. The summed E-state index contributed by atoms with van der Waals surface area (Å²) in [6.07, 6.45) is 3.30. The van der Waals surface area contributed by atoms with Gasteiger partial charge in [-0.05, 0) is 60.7 Å². The van der Waals surface area contributed by atoms with E-state index in [4.69, 9.17) is 9.84 Å². The first kappa shape index (κ1) is 23.4. The maximum Gasteiger partial charge on any atom is 0.259 e. The van der Waals surface area contributed by atoms with Crippen molar-refractivity contribution in [1.29, 1.82) is 0 Å². The molecule has 4 rings (SSSR count). The van der Waals surface area contributed by atoms with Crippen molar-refractivity contribution in [3.05, 3.63) is 102 Å². The second-order valence-corrected chi connectivity index (χ2v) is 7.42. The van der Waals surface area contributed by atoms with Gasteiger partial charge in [0.2, 0.25) is 0 Å². The van der Waals surface area contributed by atoms with Gasteiger partial charge in [0.15, 0.2) is 0 Å². The number of nitrogens with zero attached hydrogens (tertiary/aromatic N) is 3. The van der Waals surface area contributed by atoms with Crippen LogP contribution in [-0.4, -0.2) is 41.5 Å². The Kier molecular flexibility index (Phi) is 7.27. The number of methoxy groups -OCH3 is 1. The molecule has 8 nitrogen and oxygen atoms in total. The molecular formula is C26H22FN5O3. The van der Waals surface area contributed by atoms with Gasteiger partial charge in [0.1, 0.15) is 17.3 Å². The Morgan fingerprint density at radius 3 is 2.43 bits per heavy atom. The van der Waals surface area contributed by atoms with E-state index in [9.17, 15) is 14.0 Å². The zero-order valence-electron chi connectivity index (χ0n) is 18.8. The van der Waals surface area contributed by atoms with Crippen molar-refractivity contribution in [2.24, 2.45) is 5.10 Å². The second kappa shape index (κ2) is 10.9. The Hall–Kier alpha value is -4.79. The van der Waals surface area contributed by atoms with Gasteiger partial charge in [0, 0.05) is 22.9 Å². The van der Waals surface area contributed by atoms with Crippen molar-refractivity contribution in [3.63, 3.8) is 0 Å². The van der Waals surface area contributed by atoms with Crippen molar-refractivity contribution in [3.8, 4) is 22.7 Å². The van der Waals surface area contributed by atoms with Crippen molar-refractivity contribution in [2.75, 3.05) is 13.7 Å². The quantitative estimate of drug-likeness (QED) is 0.303. The summed E-state index contributed by atoms with van der Waals surface area (Å²) < 4.78 is 19.9. The molecule has 176 valence electrons. The minimum Gasteiger partial charge on any atom is -0.497 e. The van der Waals surface area contributed by atoms with E-state index in [1.54, 1.807) is 18.0 Å². The lowest BCUT2D eigenvalue weighted by atomic mass is 10.1. The average molecular weight is 471 g/mol. The minimum atomic E-state index is -0.516. The minimum absolute atomic E-state index is 0.250. The Labute approximate surface area is 201 Å². The Balaban J connectivity index is 1.46. The topological polar surface area (TPSA) is 97.6 Å². The summed E-state index contributed by atoms with van der Waals surface area (Å²) >= 11 is 0. The number of para-hydroxylation sites is 1. The summed E-state index contributed by atoms with van der Waals surface area (Å²) in [6, 6.07) is 22.1. The Bertz CT molecular complexity index is 1330. The molecule has 0 bridgehead atoms. The molecule has 4 aromatic rings. The molecule has 35 heavy (non-hydrogen) atoms. The van der Waals surface area contributed by atoms with Crippen LogP contribution in [0.3, 0.4) is 0 Å². The lowest BCUT2D eigenvalue weighted by Gasteiger charge is -2.04. The zero-order valence-corrected chi connectivity index (χ0v) is 18.8. The maximum atomic E-state index is 13.0. The van der Waals surface area contributed by atoms with E-state index in [2.05, 4.69) is 15.8 Å². The molecule has 0 aliphatic rings. The highest BCUT2D eigenvalue weighted by atomic mass is 19.1. The van der Waals surface area contributed by atoms with Crippen molar-refractivity contribution >= 4 is 18.0 Å². The zero-order chi connectivity index (χ0) is 24.6. The van der Waals surface area contributed by atoms with Crippen LogP contribution in [0.2, 0.25) is 0 Å². The molecule has 1 heterocycles. The standard InChI is InChI=1S/C26H22FN5O3/c1-35-23-13-9-18(10-14-23)25-20(17-32(31-25)22-5-3-2-4-6-22)15-29-30-24(33)16-28-26(34)19-7-11-21(27)12-8-19/h2-15,17H,16H2,1H3,(H,28,34)(H,30,33)/b29-15-. The van der Waals surface area contributed by atoms with Crippen molar-refractivity contribution in [2.45, 2.75) is 0 Å². The van der Waals surface area contributed by atoms with E-state index in [0.29, 0.717) is 11.3 Å². The Morgan fingerprint density at radius 2 is 1.74 bits per heavy atom. The van der Waals surface area contributed by atoms with Gasteiger partial charge in [-0.2, -0.15) is 10.2 Å². The number of carbonyl (C=O) groups excluding carboxylic acids is 2. The summed E-state index contributed by atoms with van der Waals surface area (Å²) in [5.74, 6) is -0.729. The number of nitrogens with one attached hydrogen (secondary N) is 2. The van der Waals surface area contributed by atoms with Crippen LogP contribution < -0.4 is 15.5 Å². The molecule has 0 radical (unpaired) electrons. The van der Waals surface area contributed by atoms with E-state index >= 15 is 0 Å². The third-order valence-corrected chi connectivity index (χ3v) is 5.04. The van der Waals surface area contributed by atoms with Crippen molar-refractivity contribution < 1.29 is 18.7 Å². The molecule has 0 fully saturated rings. The van der Waals surface area contributed by atoms with Gasteiger partial charge in [-0.3, -0.25) is 9.59 Å². The predicted octanol–water partition coefficient (Wildman–Crippen LogP) is 3.57. The number of hydrazone groups is 1. The lowest BCUT2D eigenvalue weighted by molar-refractivity contribution is -0.120. The number of carbonyl (C=O) groups is 2. The monoisotopic (exact) mass is 471 g/mol. The van der Waals surface area contributed by atoms with Crippen LogP contribution in [0.5, 0.6) is 5.75 Å². The van der Waals surface area contributed by atoms with Gasteiger partial charge in [-0.15, -0.1) is 0 Å². The van der Waals surface area contributed by atoms with E-state index < -0.39 is 17.6 Å². The fraction of sp³-hybridized carbons (Fsp3) is 0.0769. The highest BCUT2D eigenvalue weighted by Gasteiger charge is 2.12. The highest BCUT2D eigenvalue weighted by Crippen LogP contribution is 2.25. The van der Waals surface area contributed by atoms with E-state index in [1.807, 2.05) is 54.6 Å². The summed E-state index contributed by atoms with van der Waals surface area (Å²) in [7, 11) is 1.60. The first-order chi connectivity index (χ1) is 17.0. The molecule has 1 aromatic heterocycles. The number of halogens is 1. The number of aromatic nitrogens is 2. The van der Waals surface area contributed by atoms with Crippen LogP contribution in [0.4, 0.5) is 4.39 Å². The number of amides is 2. The largest absolute Gasteiger partial charge is 0.497 e. The summed E-state index contributed by atoms with van der Waals surface area (Å²) in [6.45, 7) is -0.290. The molecule has 0 aliphatic carbocycles. The SMILES string of the molecule is COc1ccc(-c2nn(-c3ccccc3)cc2/C=N\NC(=O)CNC(=O)c2ccc(F)cc2)cc1. The molecule has 0 atom stereocenters. The molecule has 2 N–H and O–H groups in total.